The molecule has 0 unspecified atom stereocenters. The van der Waals surface area contributed by atoms with Crippen LogP contribution in [-0.2, 0) is 0 Å². The first kappa shape index (κ1) is 14.2. The Morgan fingerprint density at radius 2 is 1.75 bits per heavy atom. The summed E-state index contributed by atoms with van der Waals surface area (Å²) in [6, 6.07) is 10.9. The van der Waals surface area contributed by atoms with E-state index >= 15 is 0 Å². The quantitative estimate of drug-likeness (QED) is 0.509. The van der Waals surface area contributed by atoms with E-state index < -0.39 is 0 Å². The van der Waals surface area contributed by atoms with Gasteiger partial charge in [-0.25, -0.2) is 0 Å². The van der Waals surface area contributed by atoms with Gasteiger partial charge in [0.05, 0.1) is 5.56 Å². The van der Waals surface area contributed by atoms with Gasteiger partial charge in [-0.05, 0) is 54.5 Å². The van der Waals surface area contributed by atoms with E-state index in [0.717, 1.165) is 5.56 Å². The highest BCUT2D eigenvalue weighted by Crippen LogP contribution is 2.25. The number of hydrogen-bond donors (Lipinski definition) is 2. The van der Waals surface area contributed by atoms with Gasteiger partial charge in [0.2, 0.25) is 0 Å². The molecule has 2 rings (SSSR count). The van der Waals surface area contributed by atoms with Crippen LogP contribution in [0.5, 0.6) is 11.5 Å². The highest BCUT2D eigenvalue weighted by molar-refractivity contribution is 6.30. The lowest BCUT2D eigenvalue weighted by Crippen LogP contribution is -2.01. The number of carbonyl (C=O) groups excluding carboxylic acids is 1. The summed E-state index contributed by atoms with van der Waals surface area (Å²) in [7, 11) is 0. The summed E-state index contributed by atoms with van der Waals surface area (Å²) in [5, 5.41) is 19.7. The molecule has 2 aromatic rings. The highest BCUT2D eigenvalue weighted by atomic mass is 35.5. The van der Waals surface area contributed by atoms with E-state index in [9.17, 15) is 15.0 Å². The molecular weight excluding hydrogens is 276 g/mol. The number of allylic oxidation sites excluding steroid dienone is 1. The summed E-state index contributed by atoms with van der Waals surface area (Å²) in [5.41, 5.74) is 1.36. The number of rotatable bonds is 3. The third kappa shape index (κ3) is 3.19. The molecule has 0 aromatic heterocycles. The van der Waals surface area contributed by atoms with E-state index in [1.54, 1.807) is 37.3 Å². The van der Waals surface area contributed by atoms with Crippen LogP contribution in [0.2, 0.25) is 5.02 Å². The van der Waals surface area contributed by atoms with E-state index in [-0.39, 0.29) is 22.8 Å². The molecule has 0 heterocycles. The molecule has 0 spiro atoms. The van der Waals surface area contributed by atoms with Gasteiger partial charge in [0.15, 0.2) is 5.78 Å². The Hall–Kier alpha value is -2.26. The van der Waals surface area contributed by atoms with Crippen LogP contribution in [-0.4, -0.2) is 16.0 Å². The van der Waals surface area contributed by atoms with Gasteiger partial charge in [-0.2, -0.15) is 0 Å². The smallest absolute Gasteiger partial charge is 0.192 e. The average Bonchev–Trinajstić information content (AvgIpc) is 2.43. The molecule has 0 fully saturated rings. The molecule has 20 heavy (non-hydrogen) atoms. The van der Waals surface area contributed by atoms with Gasteiger partial charge in [0.1, 0.15) is 11.5 Å². The summed E-state index contributed by atoms with van der Waals surface area (Å²) < 4.78 is 0. The van der Waals surface area contributed by atoms with Crippen molar-refractivity contribution in [3.8, 4) is 11.5 Å². The van der Waals surface area contributed by atoms with Gasteiger partial charge >= 0.3 is 0 Å². The van der Waals surface area contributed by atoms with Crippen molar-refractivity contribution in [1.82, 2.24) is 0 Å². The lowest BCUT2D eigenvalue weighted by atomic mass is 10.0. The predicted molar refractivity (Wildman–Crippen MR) is 79.2 cm³/mol. The average molecular weight is 289 g/mol. The SMILES string of the molecule is C/C(=C\c1ccc(Cl)cc1)C(=O)c1cc(O)ccc1O. The lowest BCUT2D eigenvalue weighted by Gasteiger charge is -2.05. The normalized spacial score (nSPS) is 11.4. The Morgan fingerprint density at radius 1 is 1.10 bits per heavy atom. The van der Waals surface area contributed by atoms with Crippen LogP contribution in [0.25, 0.3) is 6.08 Å². The maximum atomic E-state index is 12.2. The number of benzene rings is 2. The summed E-state index contributed by atoms with van der Waals surface area (Å²) in [6.45, 7) is 1.65. The van der Waals surface area contributed by atoms with Gasteiger partial charge in [0.25, 0.3) is 0 Å². The molecule has 0 aliphatic carbocycles. The van der Waals surface area contributed by atoms with Crippen molar-refractivity contribution in [1.29, 1.82) is 0 Å². The zero-order valence-electron chi connectivity index (χ0n) is 10.8. The number of aromatic hydroxyl groups is 2. The van der Waals surface area contributed by atoms with Gasteiger partial charge < -0.3 is 10.2 Å². The van der Waals surface area contributed by atoms with E-state index in [4.69, 9.17) is 11.6 Å². The topological polar surface area (TPSA) is 57.5 Å². The van der Waals surface area contributed by atoms with Crippen LogP contribution in [0.1, 0.15) is 22.8 Å². The summed E-state index contributed by atoms with van der Waals surface area (Å²) in [6.07, 6.45) is 1.70. The van der Waals surface area contributed by atoms with Crippen molar-refractivity contribution in [3.05, 3.63) is 64.2 Å². The molecule has 0 aliphatic rings. The Labute approximate surface area is 121 Å². The van der Waals surface area contributed by atoms with Gasteiger partial charge in [-0.1, -0.05) is 23.7 Å². The minimum atomic E-state index is -0.339. The van der Waals surface area contributed by atoms with Crippen LogP contribution in [0.15, 0.2) is 48.0 Å². The molecule has 0 saturated carbocycles. The van der Waals surface area contributed by atoms with Crippen molar-refractivity contribution >= 4 is 23.5 Å². The second kappa shape index (κ2) is 5.80. The molecule has 0 aliphatic heterocycles. The summed E-state index contributed by atoms with van der Waals surface area (Å²) >= 11 is 5.80. The third-order valence-electron chi connectivity index (χ3n) is 2.84. The van der Waals surface area contributed by atoms with Crippen LogP contribution < -0.4 is 0 Å². The molecule has 0 amide bonds. The second-order valence-corrected chi connectivity index (χ2v) is 4.85. The molecule has 0 bridgehead atoms. The Balaban J connectivity index is 2.32. The first-order valence-corrected chi connectivity index (χ1v) is 6.36. The largest absolute Gasteiger partial charge is 0.508 e. The van der Waals surface area contributed by atoms with Crippen molar-refractivity contribution < 1.29 is 15.0 Å². The zero-order valence-corrected chi connectivity index (χ0v) is 11.6. The first-order valence-electron chi connectivity index (χ1n) is 5.98. The monoisotopic (exact) mass is 288 g/mol. The van der Waals surface area contributed by atoms with Gasteiger partial charge in [-0.15, -0.1) is 0 Å². The number of halogens is 1. The number of carbonyl (C=O) groups is 1. The zero-order chi connectivity index (χ0) is 14.7. The predicted octanol–water partition coefficient (Wildman–Crippen LogP) is 4.04. The molecule has 2 N–H and O–H groups in total. The van der Waals surface area contributed by atoms with Crippen molar-refractivity contribution in [2.75, 3.05) is 0 Å². The maximum absolute atomic E-state index is 12.2. The molecule has 0 saturated heterocycles. The molecule has 2 aromatic carbocycles. The Morgan fingerprint density at radius 3 is 2.40 bits per heavy atom. The number of hydrogen-bond acceptors (Lipinski definition) is 3. The molecule has 3 nitrogen and oxygen atoms in total. The van der Waals surface area contributed by atoms with Crippen molar-refractivity contribution in [2.45, 2.75) is 6.92 Å². The van der Waals surface area contributed by atoms with Crippen LogP contribution >= 0.6 is 11.6 Å². The highest BCUT2D eigenvalue weighted by Gasteiger charge is 2.13. The van der Waals surface area contributed by atoms with E-state index in [1.165, 1.54) is 18.2 Å². The number of ketones is 1. The molecule has 0 atom stereocenters. The van der Waals surface area contributed by atoms with Crippen LogP contribution in [0, 0.1) is 0 Å². The van der Waals surface area contributed by atoms with E-state index in [2.05, 4.69) is 0 Å². The lowest BCUT2D eigenvalue weighted by molar-refractivity contribution is 0.103. The first-order chi connectivity index (χ1) is 9.47. The Kier molecular flexibility index (Phi) is 4.11. The minimum absolute atomic E-state index is 0.0644. The Bertz CT molecular complexity index is 673. The van der Waals surface area contributed by atoms with Crippen molar-refractivity contribution in [3.63, 3.8) is 0 Å². The van der Waals surface area contributed by atoms with E-state index in [0.29, 0.717) is 10.6 Å². The number of phenols is 2. The fourth-order valence-corrected chi connectivity index (χ4v) is 1.92. The number of Topliss-reactive ketones (excluding diaryl/α,β-unsaturated/α-hetero) is 1. The number of phenolic OH excluding ortho intramolecular Hbond substituents is 2. The molecule has 4 heteroatoms. The molecule has 0 radical (unpaired) electrons. The van der Waals surface area contributed by atoms with Crippen LogP contribution in [0.4, 0.5) is 0 Å². The third-order valence-corrected chi connectivity index (χ3v) is 3.09. The maximum Gasteiger partial charge on any atom is 0.192 e. The summed E-state index contributed by atoms with van der Waals surface area (Å²) in [4.78, 5) is 12.2. The fraction of sp³-hybridized carbons (Fsp3) is 0.0625. The van der Waals surface area contributed by atoms with E-state index in [1.807, 2.05) is 0 Å². The standard InChI is InChI=1S/C16H13ClO3/c1-10(8-11-2-4-12(17)5-3-11)16(20)14-9-13(18)6-7-15(14)19/h2-9,18-19H,1H3/b10-8+. The van der Waals surface area contributed by atoms with Crippen molar-refractivity contribution in [2.24, 2.45) is 0 Å². The fourth-order valence-electron chi connectivity index (χ4n) is 1.79. The second-order valence-electron chi connectivity index (χ2n) is 4.41. The minimum Gasteiger partial charge on any atom is -0.508 e. The van der Waals surface area contributed by atoms with Crippen LogP contribution in [0.3, 0.4) is 0 Å². The van der Waals surface area contributed by atoms with Gasteiger partial charge in [0, 0.05) is 5.02 Å². The van der Waals surface area contributed by atoms with Gasteiger partial charge in [-0.3, -0.25) is 4.79 Å². The molecule has 102 valence electrons. The summed E-state index contributed by atoms with van der Waals surface area (Å²) in [5.74, 6) is -0.560. The molecular formula is C16H13ClO3.